The first-order chi connectivity index (χ1) is 22.2. The lowest BCUT2D eigenvalue weighted by atomic mass is 9.76. The third kappa shape index (κ3) is 6.50. The van der Waals surface area contributed by atoms with E-state index >= 15 is 0 Å². The van der Waals surface area contributed by atoms with Crippen LogP contribution in [0.2, 0.25) is 0 Å². The minimum atomic E-state index is -1.89. The van der Waals surface area contributed by atoms with Crippen LogP contribution < -0.4 is 0 Å². The summed E-state index contributed by atoms with van der Waals surface area (Å²) < 4.78 is 24.2. The van der Waals surface area contributed by atoms with Crippen molar-refractivity contribution in [3.8, 4) is 0 Å². The first kappa shape index (κ1) is 33.8. The van der Waals surface area contributed by atoms with Gasteiger partial charge in [0.05, 0.1) is 17.0 Å². The number of ether oxygens (including phenoxy) is 4. The van der Waals surface area contributed by atoms with Gasteiger partial charge in [-0.15, -0.1) is 0 Å². The number of carbonyl (C=O) groups is 5. The van der Waals surface area contributed by atoms with E-state index in [0.29, 0.717) is 12.0 Å². The number of benzene rings is 1. The topological polar surface area (TPSA) is 135 Å². The van der Waals surface area contributed by atoms with Gasteiger partial charge < -0.3 is 18.9 Å². The van der Waals surface area contributed by atoms with Gasteiger partial charge in [0.25, 0.3) is 0 Å². The molecule has 2 aromatic rings. The molecule has 0 aliphatic heterocycles. The SMILES string of the molecule is C=C1[C@@H](OC(=O)c2ccncc2)C[C@H]2[C@@H](/C=C(\C)C(=O)[C@@]3(OC(C)=O)C[C@H](C)[C@H](OC(=O)c4ccccc4)[C@@H]3[C@H]1OC(C)=O)C2(C)C. The van der Waals surface area contributed by atoms with Crippen LogP contribution in [0.3, 0.4) is 0 Å². The van der Waals surface area contributed by atoms with E-state index in [9.17, 15) is 24.0 Å². The lowest BCUT2D eigenvalue weighted by Gasteiger charge is -2.40. The molecule has 47 heavy (non-hydrogen) atoms. The molecular formula is C37H41NO9. The molecule has 10 heteroatoms. The number of esters is 4. The summed E-state index contributed by atoms with van der Waals surface area (Å²) in [6.45, 7) is 14.3. The zero-order chi connectivity index (χ0) is 34.3. The summed E-state index contributed by atoms with van der Waals surface area (Å²) in [6.07, 6.45) is 1.75. The number of ketones is 1. The van der Waals surface area contributed by atoms with Crippen molar-refractivity contribution >= 4 is 29.7 Å². The van der Waals surface area contributed by atoms with E-state index in [0.717, 1.165) is 0 Å². The van der Waals surface area contributed by atoms with E-state index in [1.807, 2.05) is 6.08 Å². The minimum absolute atomic E-state index is 0.0159. The van der Waals surface area contributed by atoms with Gasteiger partial charge in [0.2, 0.25) is 5.78 Å². The molecule has 0 saturated heterocycles. The number of carbonyl (C=O) groups excluding carboxylic acids is 5. The van der Waals surface area contributed by atoms with Crippen LogP contribution in [0.25, 0.3) is 0 Å². The van der Waals surface area contributed by atoms with E-state index < -0.39 is 65.4 Å². The Morgan fingerprint density at radius 1 is 0.894 bits per heavy atom. The number of allylic oxidation sites excluding steroid dienone is 1. The predicted molar refractivity (Wildman–Crippen MR) is 170 cm³/mol. The Morgan fingerprint density at radius 3 is 2.13 bits per heavy atom. The summed E-state index contributed by atoms with van der Waals surface area (Å²) in [6, 6.07) is 11.4. The maximum atomic E-state index is 14.7. The first-order valence-electron chi connectivity index (χ1n) is 15.8. The molecule has 0 amide bonds. The largest absolute Gasteiger partial charge is 0.458 e. The number of pyridine rings is 1. The number of fused-ring (bicyclic) bond motifs is 2. The molecule has 2 fully saturated rings. The third-order valence-electron chi connectivity index (χ3n) is 10.00. The summed E-state index contributed by atoms with van der Waals surface area (Å²) in [7, 11) is 0. The van der Waals surface area contributed by atoms with Crippen LogP contribution in [0.15, 0.2) is 78.7 Å². The molecule has 1 aromatic carbocycles. The van der Waals surface area contributed by atoms with Crippen LogP contribution in [0, 0.1) is 29.1 Å². The van der Waals surface area contributed by atoms with E-state index in [4.69, 9.17) is 18.9 Å². The highest BCUT2D eigenvalue weighted by Crippen LogP contribution is 2.63. The summed E-state index contributed by atoms with van der Waals surface area (Å²) in [5.41, 5.74) is -1.05. The Hall–Kier alpha value is -4.60. The fourth-order valence-corrected chi connectivity index (χ4v) is 7.56. The summed E-state index contributed by atoms with van der Waals surface area (Å²) >= 11 is 0. The molecular weight excluding hydrogens is 602 g/mol. The molecule has 0 spiro atoms. The number of Topliss-reactive ketones (excluding diaryl/α,β-unsaturated/α-hetero) is 1. The van der Waals surface area contributed by atoms with Crippen molar-refractivity contribution in [1.29, 1.82) is 0 Å². The van der Waals surface area contributed by atoms with Gasteiger partial charge in [-0.3, -0.25) is 19.4 Å². The van der Waals surface area contributed by atoms with Crippen molar-refractivity contribution in [2.75, 3.05) is 0 Å². The molecule has 5 rings (SSSR count). The van der Waals surface area contributed by atoms with Gasteiger partial charge in [-0.25, -0.2) is 9.59 Å². The van der Waals surface area contributed by atoms with Gasteiger partial charge in [0.15, 0.2) is 5.60 Å². The molecule has 0 bridgehead atoms. The van der Waals surface area contributed by atoms with Crippen molar-refractivity contribution in [1.82, 2.24) is 4.98 Å². The lowest BCUT2D eigenvalue weighted by molar-refractivity contribution is -0.179. The monoisotopic (exact) mass is 643 g/mol. The molecule has 0 N–H and O–H groups in total. The number of rotatable bonds is 6. The highest BCUT2D eigenvalue weighted by Gasteiger charge is 2.66. The minimum Gasteiger partial charge on any atom is -0.458 e. The zero-order valence-corrected chi connectivity index (χ0v) is 27.6. The van der Waals surface area contributed by atoms with E-state index in [1.54, 1.807) is 44.2 Å². The van der Waals surface area contributed by atoms with Crippen molar-refractivity contribution in [2.24, 2.45) is 29.1 Å². The van der Waals surface area contributed by atoms with Crippen molar-refractivity contribution in [3.63, 3.8) is 0 Å². The fourth-order valence-electron chi connectivity index (χ4n) is 7.56. The summed E-state index contributed by atoms with van der Waals surface area (Å²) in [4.78, 5) is 71.2. The lowest BCUT2D eigenvalue weighted by Crippen LogP contribution is -2.55. The number of hydrogen-bond acceptors (Lipinski definition) is 10. The average molecular weight is 644 g/mol. The molecule has 8 atom stereocenters. The van der Waals surface area contributed by atoms with Crippen molar-refractivity contribution < 1.29 is 42.9 Å². The van der Waals surface area contributed by atoms with Gasteiger partial charge in [-0.2, -0.15) is 0 Å². The van der Waals surface area contributed by atoms with Gasteiger partial charge in [0.1, 0.15) is 18.3 Å². The highest BCUT2D eigenvalue weighted by atomic mass is 16.6. The molecule has 3 aliphatic carbocycles. The molecule has 2 saturated carbocycles. The van der Waals surface area contributed by atoms with E-state index in [-0.39, 0.29) is 40.4 Å². The van der Waals surface area contributed by atoms with Crippen LogP contribution in [0.1, 0.15) is 75.1 Å². The number of nitrogens with zero attached hydrogens (tertiary/aromatic N) is 1. The molecule has 10 nitrogen and oxygen atoms in total. The molecule has 0 radical (unpaired) electrons. The smallest absolute Gasteiger partial charge is 0.338 e. The van der Waals surface area contributed by atoms with Crippen LogP contribution in [-0.2, 0) is 33.3 Å². The predicted octanol–water partition coefficient (Wildman–Crippen LogP) is 5.47. The molecule has 3 aliphatic rings. The zero-order valence-electron chi connectivity index (χ0n) is 27.6. The van der Waals surface area contributed by atoms with Gasteiger partial charge in [-0.05, 0) is 66.4 Å². The Labute approximate surface area is 274 Å². The first-order valence-corrected chi connectivity index (χ1v) is 15.8. The Balaban J connectivity index is 1.68. The van der Waals surface area contributed by atoms with Crippen LogP contribution >= 0.6 is 0 Å². The quantitative estimate of drug-likeness (QED) is 0.227. The second-order valence-corrected chi connectivity index (χ2v) is 13.5. The Bertz CT molecular complexity index is 1610. The van der Waals surface area contributed by atoms with Crippen molar-refractivity contribution in [3.05, 3.63) is 89.8 Å². The molecule has 1 heterocycles. The van der Waals surface area contributed by atoms with E-state index in [1.165, 1.54) is 38.4 Å². The standard InChI is InChI=1S/C37H41NO9/c1-20-17-27-28(36(27,6)7)18-29(45-34(42)26-13-15-38-16-14-26)22(3)32(44-23(4)39)30-31(46-35(43)25-11-9-8-10-12-25)21(2)19-37(30,33(20)41)47-24(5)40/h8-17,21,27-32H,3,18-19H2,1-2,4-7H3/b20-17+/t21-,27+,28-,29-,30+,31-,32-,37+/m0/s1. The van der Waals surface area contributed by atoms with Gasteiger partial charge in [-0.1, -0.05) is 51.6 Å². The van der Waals surface area contributed by atoms with E-state index in [2.05, 4.69) is 25.4 Å². The maximum absolute atomic E-state index is 14.7. The normalized spacial score (nSPS) is 32.3. The van der Waals surface area contributed by atoms with Crippen LogP contribution in [-0.4, -0.2) is 58.6 Å². The third-order valence-corrected chi connectivity index (χ3v) is 10.00. The molecule has 0 unspecified atom stereocenters. The fraction of sp³-hybridized carbons (Fsp3) is 0.459. The molecule has 248 valence electrons. The van der Waals surface area contributed by atoms with Gasteiger partial charge in [0, 0.05) is 38.2 Å². The number of hydrogen-bond donors (Lipinski definition) is 0. The summed E-state index contributed by atoms with van der Waals surface area (Å²) in [5, 5.41) is 0. The Morgan fingerprint density at radius 2 is 1.51 bits per heavy atom. The van der Waals surface area contributed by atoms with Crippen molar-refractivity contribution in [2.45, 2.75) is 78.3 Å². The number of aromatic nitrogens is 1. The van der Waals surface area contributed by atoms with Crippen LogP contribution in [0.5, 0.6) is 0 Å². The summed E-state index contributed by atoms with van der Waals surface area (Å²) in [5.74, 6) is -5.04. The van der Waals surface area contributed by atoms with Crippen LogP contribution in [0.4, 0.5) is 0 Å². The van der Waals surface area contributed by atoms with Gasteiger partial charge >= 0.3 is 23.9 Å². The maximum Gasteiger partial charge on any atom is 0.338 e. The second kappa shape index (κ2) is 12.9. The Kier molecular flexibility index (Phi) is 9.26. The average Bonchev–Trinajstić information content (AvgIpc) is 3.41. The molecule has 1 aromatic heterocycles. The highest BCUT2D eigenvalue weighted by molar-refractivity contribution is 6.03. The second-order valence-electron chi connectivity index (χ2n) is 13.5.